The molecule has 0 aromatic heterocycles. The van der Waals surface area contributed by atoms with E-state index >= 15 is 0 Å². The second-order valence-corrected chi connectivity index (χ2v) is 9.34. The zero-order valence-corrected chi connectivity index (χ0v) is 17.2. The Morgan fingerprint density at radius 1 is 1.20 bits per heavy atom. The first-order chi connectivity index (χ1) is 14.1. The zero-order valence-electron chi connectivity index (χ0n) is 16.4. The molecule has 0 aliphatic carbocycles. The topological polar surface area (TPSA) is 147 Å². The van der Waals surface area contributed by atoms with Gasteiger partial charge < -0.3 is 5.32 Å². The van der Waals surface area contributed by atoms with Crippen LogP contribution < -0.4 is 5.32 Å². The number of hydrogen-bond acceptors (Lipinski definition) is 7. The summed E-state index contributed by atoms with van der Waals surface area (Å²) in [5.74, 6) is -1.37. The molecule has 2 heterocycles. The Morgan fingerprint density at radius 2 is 1.83 bits per heavy atom. The first-order valence-corrected chi connectivity index (χ1v) is 11.3. The summed E-state index contributed by atoms with van der Waals surface area (Å²) in [6.07, 6.45) is 2.55. The lowest BCUT2D eigenvalue weighted by Crippen LogP contribution is -2.46. The van der Waals surface area contributed by atoms with Crippen molar-refractivity contribution < 1.29 is 27.7 Å². The molecule has 2 aliphatic rings. The van der Waals surface area contributed by atoms with Crippen LogP contribution in [0.15, 0.2) is 18.2 Å². The molecule has 2 aliphatic heterocycles. The third-order valence-electron chi connectivity index (χ3n) is 5.24. The minimum Gasteiger partial charge on any atom is -0.353 e. The van der Waals surface area contributed by atoms with E-state index in [9.17, 15) is 32.9 Å². The Hall–Kier alpha value is -2.86. The van der Waals surface area contributed by atoms with Crippen molar-refractivity contribution in [2.45, 2.75) is 31.7 Å². The second-order valence-electron chi connectivity index (χ2n) is 7.36. The van der Waals surface area contributed by atoms with Gasteiger partial charge in [-0.2, -0.15) is 0 Å². The maximum Gasteiger partial charge on any atom is 0.270 e. The van der Waals surface area contributed by atoms with E-state index in [1.165, 1.54) is 16.4 Å². The average molecular weight is 438 g/mol. The summed E-state index contributed by atoms with van der Waals surface area (Å²) in [5, 5.41) is 13.7. The van der Waals surface area contributed by atoms with E-state index in [4.69, 9.17) is 0 Å². The monoisotopic (exact) mass is 438 g/mol. The van der Waals surface area contributed by atoms with Gasteiger partial charge in [-0.3, -0.25) is 29.4 Å². The number of nitro groups is 1. The number of nitro benzene ring substituents is 1. The fraction of sp³-hybridized carbons (Fsp3) is 0.500. The molecule has 0 saturated carbocycles. The Kier molecular flexibility index (Phi) is 6.17. The highest BCUT2D eigenvalue weighted by molar-refractivity contribution is 7.88. The van der Waals surface area contributed by atoms with Crippen LogP contribution in [0.3, 0.4) is 0 Å². The highest BCUT2D eigenvalue weighted by atomic mass is 32.2. The minimum absolute atomic E-state index is 0.00344. The van der Waals surface area contributed by atoms with Crippen LogP contribution in [0.4, 0.5) is 5.69 Å². The molecule has 30 heavy (non-hydrogen) atoms. The highest BCUT2D eigenvalue weighted by Crippen LogP contribution is 2.27. The van der Waals surface area contributed by atoms with Crippen LogP contribution in [-0.2, 0) is 14.8 Å². The number of sulfonamides is 1. The number of non-ortho nitro benzene ring substituents is 1. The average Bonchev–Trinajstić information content (AvgIpc) is 2.92. The second kappa shape index (κ2) is 8.48. The van der Waals surface area contributed by atoms with Gasteiger partial charge in [0, 0.05) is 44.2 Å². The van der Waals surface area contributed by atoms with Gasteiger partial charge in [-0.25, -0.2) is 12.7 Å². The molecule has 12 heteroatoms. The van der Waals surface area contributed by atoms with Gasteiger partial charge in [-0.15, -0.1) is 0 Å². The number of amides is 3. The number of carbonyl (C=O) groups is 3. The van der Waals surface area contributed by atoms with Crippen molar-refractivity contribution >= 4 is 33.4 Å². The largest absolute Gasteiger partial charge is 0.353 e. The molecular weight excluding hydrogens is 416 g/mol. The number of nitrogens with zero attached hydrogens (tertiary/aromatic N) is 3. The number of nitrogens with one attached hydrogen (secondary N) is 1. The summed E-state index contributed by atoms with van der Waals surface area (Å²) in [5.41, 5.74) is -0.151. The third-order valence-corrected chi connectivity index (χ3v) is 6.54. The lowest BCUT2D eigenvalue weighted by atomic mass is 10.1. The molecule has 0 unspecified atom stereocenters. The van der Waals surface area contributed by atoms with Gasteiger partial charge in [0.1, 0.15) is 0 Å². The molecule has 0 bridgehead atoms. The van der Waals surface area contributed by atoms with E-state index in [0.717, 1.165) is 17.2 Å². The number of piperidine rings is 1. The van der Waals surface area contributed by atoms with Crippen molar-refractivity contribution in [3.05, 3.63) is 39.4 Å². The normalized spacial score (nSPS) is 17.8. The molecule has 162 valence electrons. The van der Waals surface area contributed by atoms with Gasteiger partial charge in [0.25, 0.3) is 17.5 Å². The molecule has 1 aromatic carbocycles. The number of benzene rings is 1. The molecule has 3 amide bonds. The Labute approximate surface area is 173 Å². The van der Waals surface area contributed by atoms with Crippen molar-refractivity contribution in [3.8, 4) is 0 Å². The molecule has 0 radical (unpaired) electrons. The summed E-state index contributed by atoms with van der Waals surface area (Å²) < 4.78 is 24.4. The third kappa shape index (κ3) is 4.65. The first kappa shape index (κ1) is 21.8. The summed E-state index contributed by atoms with van der Waals surface area (Å²) in [6, 6.07) is 3.42. The molecule has 1 saturated heterocycles. The van der Waals surface area contributed by atoms with Gasteiger partial charge in [0.05, 0.1) is 22.3 Å². The number of fused-ring (bicyclic) bond motifs is 1. The van der Waals surface area contributed by atoms with E-state index < -0.39 is 26.8 Å². The number of rotatable bonds is 7. The maximum atomic E-state index is 12.4. The molecule has 11 nitrogen and oxygen atoms in total. The van der Waals surface area contributed by atoms with Gasteiger partial charge in [0.15, 0.2) is 0 Å². The lowest BCUT2D eigenvalue weighted by molar-refractivity contribution is -0.384. The van der Waals surface area contributed by atoms with Crippen molar-refractivity contribution in [3.63, 3.8) is 0 Å². The standard InChI is InChI=1S/C18H22N4O7S/c1-30(28,29)20-9-6-12(7-10-20)19-16(23)3-2-8-21-17(24)14-5-4-13(22(26)27)11-15(14)18(21)25/h4-5,11-12H,2-3,6-10H2,1H3,(H,19,23). The molecule has 0 spiro atoms. The zero-order chi connectivity index (χ0) is 22.1. The molecular formula is C18H22N4O7S. The molecule has 0 atom stereocenters. The highest BCUT2D eigenvalue weighted by Gasteiger charge is 2.36. The smallest absolute Gasteiger partial charge is 0.270 e. The van der Waals surface area contributed by atoms with Crippen molar-refractivity contribution in [1.82, 2.24) is 14.5 Å². The van der Waals surface area contributed by atoms with Crippen LogP contribution in [-0.4, -0.2) is 72.2 Å². The van der Waals surface area contributed by atoms with Gasteiger partial charge in [0.2, 0.25) is 15.9 Å². The predicted octanol–water partition coefficient (Wildman–Crippen LogP) is 0.511. The van der Waals surface area contributed by atoms with Crippen LogP contribution in [0.5, 0.6) is 0 Å². The Bertz CT molecular complexity index is 1000. The van der Waals surface area contributed by atoms with Crippen molar-refractivity contribution in [2.75, 3.05) is 25.9 Å². The van der Waals surface area contributed by atoms with Crippen molar-refractivity contribution in [2.24, 2.45) is 0 Å². The van der Waals surface area contributed by atoms with Crippen LogP contribution in [0.1, 0.15) is 46.4 Å². The van der Waals surface area contributed by atoms with Crippen LogP contribution in [0, 0.1) is 10.1 Å². The van der Waals surface area contributed by atoms with Gasteiger partial charge in [-0.05, 0) is 25.3 Å². The molecule has 1 aromatic rings. The summed E-state index contributed by atoms with van der Waals surface area (Å²) in [6.45, 7) is 0.732. The van der Waals surface area contributed by atoms with Gasteiger partial charge in [-0.1, -0.05) is 0 Å². The SMILES string of the molecule is CS(=O)(=O)N1CCC(NC(=O)CCCN2C(=O)c3ccc([N+](=O)[O-])cc3C2=O)CC1. The fourth-order valence-corrected chi connectivity index (χ4v) is 4.50. The molecule has 1 fully saturated rings. The summed E-state index contributed by atoms with van der Waals surface area (Å²) in [4.78, 5) is 48.2. The van der Waals surface area contributed by atoms with E-state index in [2.05, 4.69) is 5.32 Å². The maximum absolute atomic E-state index is 12.4. The van der Waals surface area contributed by atoms with Crippen LogP contribution >= 0.6 is 0 Å². The lowest BCUT2D eigenvalue weighted by Gasteiger charge is -2.30. The number of carbonyl (C=O) groups excluding carboxylic acids is 3. The Balaban J connectivity index is 1.47. The molecule has 3 rings (SSSR count). The quantitative estimate of drug-likeness (QED) is 0.371. The summed E-state index contributed by atoms with van der Waals surface area (Å²) >= 11 is 0. The first-order valence-electron chi connectivity index (χ1n) is 9.47. The summed E-state index contributed by atoms with van der Waals surface area (Å²) in [7, 11) is -3.23. The number of imide groups is 1. The minimum atomic E-state index is -3.23. The van der Waals surface area contributed by atoms with E-state index in [0.29, 0.717) is 25.9 Å². The van der Waals surface area contributed by atoms with E-state index in [-0.39, 0.29) is 48.1 Å². The predicted molar refractivity (Wildman–Crippen MR) is 105 cm³/mol. The van der Waals surface area contributed by atoms with E-state index in [1.807, 2.05) is 0 Å². The number of hydrogen-bond donors (Lipinski definition) is 1. The van der Waals surface area contributed by atoms with Crippen molar-refractivity contribution in [1.29, 1.82) is 0 Å². The van der Waals surface area contributed by atoms with Crippen LogP contribution in [0.2, 0.25) is 0 Å². The van der Waals surface area contributed by atoms with E-state index in [1.54, 1.807) is 0 Å². The molecule has 1 N–H and O–H groups in total. The Morgan fingerprint density at radius 3 is 2.43 bits per heavy atom. The van der Waals surface area contributed by atoms with Crippen LogP contribution in [0.25, 0.3) is 0 Å². The fourth-order valence-electron chi connectivity index (χ4n) is 3.62. The van der Waals surface area contributed by atoms with Gasteiger partial charge >= 0.3 is 0 Å².